The lowest BCUT2D eigenvalue weighted by Crippen LogP contribution is -2.45. The molecule has 1 aliphatic rings. The highest BCUT2D eigenvalue weighted by atomic mass is 16.6. The molecule has 0 spiro atoms. The van der Waals surface area contributed by atoms with Crippen LogP contribution < -0.4 is 0 Å². The van der Waals surface area contributed by atoms with Crippen molar-refractivity contribution in [3.05, 3.63) is 29.7 Å². The van der Waals surface area contributed by atoms with Crippen molar-refractivity contribution in [3.63, 3.8) is 0 Å². The van der Waals surface area contributed by atoms with Crippen molar-refractivity contribution in [3.8, 4) is 0 Å². The van der Waals surface area contributed by atoms with Crippen LogP contribution in [0.1, 0.15) is 29.9 Å². The molecular weight excluding hydrogens is 308 g/mol. The number of esters is 1. The second-order valence-corrected chi connectivity index (χ2v) is 6.64. The molecule has 130 valence electrons. The molecule has 0 aromatic carbocycles. The second kappa shape index (κ2) is 7.27. The predicted octanol–water partition coefficient (Wildman–Crippen LogP) is 1.55. The van der Waals surface area contributed by atoms with E-state index in [0.29, 0.717) is 23.7 Å². The summed E-state index contributed by atoms with van der Waals surface area (Å²) < 4.78 is 12.7. The number of aryl methyl sites for hydroxylation is 1. The summed E-state index contributed by atoms with van der Waals surface area (Å²) in [6.07, 6.45) is 3.19. The molecule has 0 N–H and O–H groups in total. The van der Waals surface area contributed by atoms with E-state index >= 15 is 0 Å². The quantitative estimate of drug-likeness (QED) is 0.774. The van der Waals surface area contributed by atoms with Gasteiger partial charge in [0.2, 0.25) is 0 Å². The van der Waals surface area contributed by atoms with E-state index in [9.17, 15) is 4.79 Å². The Bertz CT molecular complexity index is 713. The topological polar surface area (TPSA) is 69.0 Å². The largest absolute Gasteiger partial charge is 0.459 e. The van der Waals surface area contributed by atoms with E-state index in [1.165, 1.54) is 6.20 Å². The summed E-state index contributed by atoms with van der Waals surface area (Å²) >= 11 is 0. The summed E-state index contributed by atoms with van der Waals surface area (Å²) in [5.41, 5.74) is 1.73. The number of carbonyl (C=O) groups excluding carboxylic acids is 1. The van der Waals surface area contributed by atoms with E-state index in [-0.39, 0.29) is 12.7 Å². The van der Waals surface area contributed by atoms with Crippen molar-refractivity contribution in [2.75, 3.05) is 32.8 Å². The zero-order chi connectivity index (χ0) is 17.1. The van der Waals surface area contributed by atoms with Crippen LogP contribution in [-0.4, -0.2) is 64.4 Å². The minimum Gasteiger partial charge on any atom is -0.459 e. The van der Waals surface area contributed by atoms with E-state index in [1.807, 2.05) is 13.0 Å². The number of carbonyl (C=O) groups is 1. The highest BCUT2D eigenvalue weighted by Gasteiger charge is 2.23. The van der Waals surface area contributed by atoms with Gasteiger partial charge in [0.25, 0.3) is 0 Å². The van der Waals surface area contributed by atoms with Crippen LogP contribution in [-0.2, 0) is 9.47 Å². The zero-order valence-electron chi connectivity index (χ0n) is 14.4. The van der Waals surface area contributed by atoms with Crippen LogP contribution in [0.15, 0.2) is 18.5 Å². The van der Waals surface area contributed by atoms with Gasteiger partial charge in [-0.2, -0.15) is 5.10 Å². The third-order valence-corrected chi connectivity index (χ3v) is 3.97. The molecule has 3 heterocycles. The summed E-state index contributed by atoms with van der Waals surface area (Å²) in [5.74, 6) is 0.201. The van der Waals surface area contributed by atoms with Crippen LogP contribution in [0.5, 0.6) is 0 Å². The highest BCUT2D eigenvalue weighted by Crippen LogP contribution is 2.12. The van der Waals surface area contributed by atoms with E-state index in [1.54, 1.807) is 10.7 Å². The van der Waals surface area contributed by atoms with Crippen LogP contribution in [0, 0.1) is 12.8 Å². The van der Waals surface area contributed by atoms with Crippen LogP contribution in [0.3, 0.4) is 0 Å². The predicted molar refractivity (Wildman–Crippen MR) is 89.0 cm³/mol. The SMILES string of the molecule is Cc1ccn2ncc(C(=O)OCC3CN(CC(C)C)CCO3)c2n1. The monoisotopic (exact) mass is 332 g/mol. The molecule has 24 heavy (non-hydrogen) atoms. The maximum absolute atomic E-state index is 12.3. The first-order chi connectivity index (χ1) is 11.5. The third kappa shape index (κ3) is 3.91. The first-order valence-electron chi connectivity index (χ1n) is 8.35. The Hall–Kier alpha value is -1.99. The first kappa shape index (κ1) is 16.9. The van der Waals surface area contributed by atoms with Gasteiger partial charge in [-0.1, -0.05) is 13.8 Å². The zero-order valence-corrected chi connectivity index (χ0v) is 14.4. The van der Waals surface area contributed by atoms with Gasteiger partial charge in [0.15, 0.2) is 5.65 Å². The fourth-order valence-corrected chi connectivity index (χ4v) is 2.91. The van der Waals surface area contributed by atoms with Gasteiger partial charge in [0, 0.05) is 31.5 Å². The van der Waals surface area contributed by atoms with E-state index in [2.05, 4.69) is 28.8 Å². The molecule has 2 aromatic heterocycles. The Morgan fingerprint density at radius 1 is 1.50 bits per heavy atom. The average Bonchev–Trinajstić information content (AvgIpc) is 2.95. The molecule has 2 aromatic rings. The lowest BCUT2D eigenvalue weighted by atomic mass is 10.2. The third-order valence-electron chi connectivity index (χ3n) is 3.97. The molecule has 1 unspecified atom stereocenters. The van der Waals surface area contributed by atoms with Gasteiger partial charge >= 0.3 is 5.97 Å². The lowest BCUT2D eigenvalue weighted by Gasteiger charge is -2.33. The summed E-state index contributed by atoms with van der Waals surface area (Å²) in [5, 5.41) is 4.13. The fraction of sp³-hybridized carbons (Fsp3) is 0.588. The van der Waals surface area contributed by atoms with Crippen molar-refractivity contribution < 1.29 is 14.3 Å². The number of fused-ring (bicyclic) bond motifs is 1. The molecule has 0 amide bonds. The number of hydrogen-bond donors (Lipinski definition) is 0. The first-order valence-corrected chi connectivity index (χ1v) is 8.35. The summed E-state index contributed by atoms with van der Waals surface area (Å²) in [6, 6.07) is 1.84. The fourth-order valence-electron chi connectivity index (χ4n) is 2.91. The number of aromatic nitrogens is 3. The lowest BCUT2D eigenvalue weighted by molar-refractivity contribution is -0.0612. The van der Waals surface area contributed by atoms with E-state index in [0.717, 1.165) is 25.3 Å². The Labute approximate surface area is 141 Å². The summed E-state index contributed by atoms with van der Waals surface area (Å²) in [4.78, 5) is 19.1. The Balaban J connectivity index is 1.59. The van der Waals surface area contributed by atoms with Crippen molar-refractivity contribution in [2.45, 2.75) is 26.9 Å². The number of nitrogens with zero attached hydrogens (tertiary/aromatic N) is 4. The normalized spacial score (nSPS) is 19.1. The maximum atomic E-state index is 12.3. The maximum Gasteiger partial charge on any atom is 0.343 e. The van der Waals surface area contributed by atoms with Crippen LogP contribution in [0.4, 0.5) is 0 Å². The number of ether oxygens (including phenoxy) is 2. The molecule has 1 atom stereocenters. The number of hydrogen-bond acceptors (Lipinski definition) is 6. The molecule has 0 bridgehead atoms. The van der Waals surface area contributed by atoms with Gasteiger partial charge in [-0.15, -0.1) is 0 Å². The molecule has 0 radical (unpaired) electrons. The molecule has 3 rings (SSSR count). The van der Waals surface area contributed by atoms with Crippen molar-refractivity contribution in [2.24, 2.45) is 5.92 Å². The van der Waals surface area contributed by atoms with Crippen LogP contribution >= 0.6 is 0 Å². The molecule has 0 aliphatic carbocycles. The van der Waals surface area contributed by atoms with E-state index < -0.39 is 5.97 Å². The second-order valence-electron chi connectivity index (χ2n) is 6.64. The summed E-state index contributed by atoms with van der Waals surface area (Å²) in [6.45, 7) is 9.95. The summed E-state index contributed by atoms with van der Waals surface area (Å²) in [7, 11) is 0. The molecule has 0 saturated carbocycles. The average molecular weight is 332 g/mol. The number of rotatable bonds is 5. The molecular formula is C17H24N4O3. The molecule has 7 heteroatoms. The van der Waals surface area contributed by atoms with Crippen LogP contribution in [0.25, 0.3) is 5.65 Å². The van der Waals surface area contributed by atoms with Crippen LogP contribution in [0.2, 0.25) is 0 Å². The van der Waals surface area contributed by atoms with Gasteiger partial charge in [-0.05, 0) is 18.9 Å². The Kier molecular flexibility index (Phi) is 5.11. The molecule has 1 fully saturated rings. The molecule has 1 aliphatic heterocycles. The van der Waals surface area contributed by atoms with Crippen molar-refractivity contribution >= 4 is 11.6 Å². The minimum absolute atomic E-state index is 0.0852. The smallest absolute Gasteiger partial charge is 0.343 e. The van der Waals surface area contributed by atoms with Crippen molar-refractivity contribution in [1.29, 1.82) is 0 Å². The molecule has 1 saturated heterocycles. The van der Waals surface area contributed by atoms with Crippen molar-refractivity contribution in [1.82, 2.24) is 19.5 Å². The van der Waals surface area contributed by atoms with Gasteiger partial charge in [-0.25, -0.2) is 14.3 Å². The highest BCUT2D eigenvalue weighted by molar-refractivity contribution is 5.95. The molecule has 7 nitrogen and oxygen atoms in total. The minimum atomic E-state index is -0.410. The number of morpholine rings is 1. The van der Waals surface area contributed by atoms with Gasteiger partial charge < -0.3 is 9.47 Å². The van der Waals surface area contributed by atoms with E-state index in [4.69, 9.17) is 9.47 Å². The van der Waals surface area contributed by atoms with Gasteiger partial charge in [-0.3, -0.25) is 4.90 Å². The van der Waals surface area contributed by atoms with Gasteiger partial charge in [0.05, 0.1) is 12.8 Å². The Morgan fingerprint density at radius 2 is 2.33 bits per heavy atom. The van der Waals surface area contributed by atoms with Gasteiger partial charge in [0.1, 0.15) is 18.3 Å². The Morgan fingerprint density at radius 3 is 3.12 bits per heavy atom. The standard InChI is InChI=1S/C17H24N4O3/c1-12(2)9-20-6-7-23-14(10-20)11-24-17(22)15-8-18-21-5-4-13(3)19-16(15)21/h4-5,8,12,14H,6-7,9-11H2,1-3H3.